The average Bonchev–Trinajstić information content (AvgIpc) is 2.84. The fraction of sp³-hybridized carbons (Fsp3) is 0.481. The summed E-state index contributed by atoms with van der Waals surface area (Å²) < 4.78 is 18.2. The summed E-state index contributed by atoms with van der Waals surface area (Å²) in [5, 5.41) is 0.931. The lowest BCUT2D eigenvalue weighted by Gasteiger charge is -2.30. The topological polar surface area (TPSA) is 56.7 Å². The van der Waals surface area contributed by atoms with Gasteiger partial charge in [-0.25, -0.2) is 4.98 Å². The van der Waals surface area contributed by atoms with E-state index in [9.17, 15) is 0 Å². The number of ether oxygens (including phenoxy) is 3. The molecule has 0 aliphatic carbocycles. The molecule has 0 N–H and O–H groups in total. The van der Waals surface area contributed by atoms with Crippen molar-refractivity contribution in [3.8, 4) is 28.6 Å². The van der Waals surface area contributed by atoms with Crippen LogP contribution in [-0.4, -0.2) is 54.8 Å². The van der Waals surface area contributed by atoms with E-state index in [4.69, 9.17) is 19.2 Å². The number of piperidine rings is 1. The Morgan fingerprint density at radius 2 is 1.97 bits per heavy atom. The van der Waals surface area contributed by atoms with Gasteiger partial charge in [-0.15, -0.1) is 0 Å². The SMILES string of the molecule is CCC(CC)COc1nc(-c2ccc(OC3CCCN(C)C3)c(OC)c2)cc2ncccc12. The molecule has 33 heavy (non-hydrogen) atoms. The maximum absolute atomic E-state index is 6.30. The van der Waals surface area contributed by atoms with E-state index < -0.39 is 0 Å². The number of pyridine rings is 2. The number of rotatable bonds is 9. The molecule has 1 aliphatic rings. The van der Waals surface area contributed by atoms with Crippen LogP contribution in [0.3, 0.4) is 0 Å². The monoisotopic (exact) mass is 449 g/mol. The third-order valence-corrected chi connectivity index (χ3v) is 6.51. The van der Waals surface area contributed by atoms with Crippen LogP contribution in [0.15, 0.2) is 42.6 Å². The Morgan fingerprint density at radius 1 is 1.12 bits per heavy atom. The number of hydrogen-bond acceptors (Lipinski definition) is 6. The van der Waals surface area contributed by atoms with Gasteiger partial charge in [-0.2, -0.15) is 0 Å². The molecule has 0 radical (unpaired) electrons. The van der Waals surface area contributed by atoms with Gasteiger partial charge in [0.25, 0.3) is 0 Å². The van der Waals surface area contributed by atoms with Crippen molar-refractivity contribution in [2.75, 3.05) is 33.9 Å². The van der Waals surface area contributed by atoms with Crippen LogP contribution in [-0.2, 0) is 0 Å². The third kappa shape index (κ3) is 5.56. The smallest absolute Gasteiger partial charge is 0.223 e. The average molecular weight is 450 g/mol. The minimum atomic E-state index is 0.177. The van der Waals surface area contributed by atoms with Gasteiger partial charge in [-0.3, -0.25) is 4.98 Å². The van der Waals surface area contributed by atoms with Crippen LogP contribution in [0.1, 0.15) is 39.5 Å². The fourth-order valence-corrected chi connectivity index (χ4v) is 4.34. The lowest BCUT2D eigenvalue weighted by Crippen LogP contribution is -2.38. The van der Waals surface area contributed by atoms with Gasteiger partial charge in [0.15, 0.2) is 11.5 Å². The molecule has 1 saturated heterocycles. The van der Waals surface area contributed by atoms with Crippen molar-refractivity contribution in [1.29, 1.82) is 0 Å². The Bertz CT molecular complexity index is 1070. The molecule has 0 amide bonds. The molecular formula is C27H35N3O3. The summed E-state index contributed by atoms with van der Waals surface area (Å²) >= 11 is 0. The number of benzene rings is 1. The first kappa shape index (κ1) is 23.3. The molecule has 4 rings (SSSR count). The molecule has 0 bridgehead atoms. The zero-order valence-corrected chi connectivity index (χ0v) is 20.2. The Balaban J connectivity index is 1.63. The van der Waals surface area contributed by atoms with E-state index in [2.05, 4.69) is 30.8 Å². The molecular weight excluding hydrogens is 414 g/mol. The Kier molecular flexibility index (Phi) is 7.65. The van der Waals surface area contributed by atoms with Crippen LogP contribution < -0.4 is 14.2 Å². The Labute approximate surface area is 196 Å². The van der Waals surface area contributed by atoms with Crippen LogP contribution in [0.4, 0.5) is 0 Å². The highest BCUT2D eigenvalue weighted by atomic mass is 16.5. The summed E-state index contributed by atoms with van der Waals surface area (Å²) in [6, 6.07) is 11.9. The predicted molar refractivity (Wildman–Crippen MR) is 132 cm³/mol. The lowest BCUT2D eigenvalue weighted by atomic mass is 10.1. The van der Waals surface area contributed by atoms with Crippen molar-refractivity contribution in [2.45, 2.75) is 45.6 Å². The van der Waals surface area contributed by atoms with Gasteiger partial charge in [0.2, 0.25) is 5.88 Å². The highest BCUT2D eigenvalue weighted by Gasteiger charge is 2.21. The fourth-order valence-electron chi connectivity index (χ4n) is 4.34. The van der Waals surface area contributed by atoms with Crippen LogP contribution in [0, 0.1) is 5.92 Å². The predicted octanol–water partition coefficient (Wildman–Crippen LogP) is 5.59. The molecule has 6 nitrogen and oxygen atoms in total. The molecule has 3 heterocycles. The molecule has 2 aromatic heterocycles. The summed E-state index contributed by atoms with van der Waals surface area (Å²) in [7, 11) is 3.82. The lowest BCUT2D eigenvalue weighted by molar-refractivity contribution is 0.101. The summed E-state index contributed by atoms with van der Waals surface area (Å²) in [6.07, 6.45) is 6.36. The molecule has 1 aliphatic heterocycles. The van der Waals surface area contributed by atoms with Crippen molar-refractivity contribution >= 4 is 10.9 Å². The van der Waals surface area contributed by atoms with Gasteiger partial charge >= 0.3 is 0 Å². The number of nitrogens with zero attached hydrogens (tertiary/aromatic N) is 3. The quantitative estimate of drug-likeness (QED) is 0.424. The van der Waals surface area contributed by atoms with Crippen molar-refractivity contribution in [1.82, 2.24) is 14.9 Å². The number of hydrogen-bond donors (Lipinski definition) is 0. The second kappa shape index (κ2) is 10.8. The van der Waals surface area contributed by atoms with E-state index in [1.165, 1.54) is 0 Å². The second-order valence-electron chi connectivity index (χ2n) is 8.89. The van der Waals surface area contributed by atoms with E-state index in [0.29, 0.717) is 24.2 Å². The molecule has 1 aromatic carbocycles. The van der Waals surface area contributed by atoms with Gasteiger partial charge in [0.1, 0.15) is 6.10 Å². The summed E-state index contributed by atoms with van der Waals surface area (Å²) in [5.41, 5.74) is 2.62. The number of fused-ring (bicyclic) bond motifs is 1. The largest absolute Gasteiger partial charge is 0.493 e. The van der Waals surface area contributed by atoms with Crippen LogP contribution in [0.5, 0.6) is 17.4 Å². The highest BCUT2D eigenvalue weighted by Crippen LogP contribution is 2.35. The van der Waals surface area contributed by atoms with Gasteiger partial charge in [-0.05, 0) is 68.8 Å². The standard InChI is InChI=1S/C27H35N3O3/c1-5-19(6-2)18-32-27-22-10-7-13-28-24(22)16-23(29-27)20-11-12-25(26(15-20)31-4)33-21-9-8-14-30(3)17-21/h7,10-13,15-16,19,21H,5-6,8-9,14,17-18H2,1-4H3. The molecule has 6 heteroatoms. The normalized spacial score (nSPS) is 16.8. The van der Waals surface area contributed by atoms with Gasteiger partial charge in [0, 0.05) is 18.3 Å². The number of likely N-dealkylation sites (N-methyl/N-ethyl adjacent to an activating group) is 1. The maximum Gasteiger partial charge on any atom is 0.223 e. The van der Waals surface area contributed by atoms with E-state index in [0.717, 1.165) is 66.7 Å². The third-order valence-electron chi connectivity index (χ3n) is 6.51. The molecule has 0 spiro atoms. The minimum absolute atomic E-state index is 0.177. The number of aromatic nitrogens is 2. The second-order valence-corrected chi connectivity index (χ2v) is 8.89. The van der Waals surface area contributed by atoms with Crippen molar-refractivity contribution in [3.63, 3.8) is 0 Å². The van der Waals surface area contributed by atoms with Gasteiger partial charge in [-0.1, -0.05) is 26.7 Å². The van der Waals surface area contributed by atoms with Crippen LogP contribution >= 0.6 is 0 Å². The zero-order valence-electron chi connectivity index (χ0n) is 20.2. The van der Waals surface area contributed by atoms with E-state index >= 15 is 0 Å². The first-order valence-electron chi connectivity index (χ1n) is 12.0. The molecule has 1 unspecified atom stereocenters. The summed E-state index contributed by atoms with van der Waals surface area (Å²) in [5.74, 6) is 2.62. The number of methoxy groups -OCH3 is 1. The molecule has 0 saturated carbocycles. The van der Waals surface area contributed by atoms with Gasteiger partial charge < -0.3 is 19.1 Å². The maximum atomic E-state index is 6.30. The van der Waals surface area contributed by atoms with E-state index in [-0.39, 0.29) is 6.10 Å². The zero-order chi connectivity index (χ0) is 23.2. The van der Waals surface area contributed by atoms with E-state index in [1.807, 2.05) is 36.4 Å². The van der Waals surface area contributed by atoms with Crippen LogP contribution in [0.2, 0.25) is 0 Å². The first-order valence-corrected chi connectivity index (χ1v) is 12.0. The molecule has 1 atom stereocenters. The highest BCUT2D eigenvalue weighted by molar-refractivity contribution is 5.87. The molecule has 176 valence electrons. The van der Waals surface area contributed by atoms with Gasteiger partial charge in [0.05, 0.1) is 30.3 Å². The van der Waals surface area contributed by atoms with Crippen LogP contribution in [0.25, 0.3) is 22.2 Å². The summed E-state index contributed by atoms with van der Waals surface area (Å²) in [6.45, 7) is 7.10. The number of likely N-dealkylation sites (tertiary alicyclic amines) is 1. The first-order chi connectivity index (χ1) is 16.1. The summed E-state index contributed by atoms with van der Waals surface area (Å²) in [4.78, 5) is 11.7. The van der Waals surface area contributed by atoms with Crippen molar-refractivity contribution in [2.24, 2.45) is 5.92 Å². The van der Waals surface area contributed by atoms with Crippen molar-refractivity contribution in [3.05, 3.63) is 42.6 Å². The molecule has 3 aromatic rings. The van der Waals surface area contributed by atoms with Crippen molar-refractivity contribution < 1.29 is 14.2 Å². The minimum Gasteiger partial charge on any atom is -0.493 e. The Morgan fingerprint density at radius 3 is 2.73 bits per heavy atom. The Hall–Kier alpha value is -2.86. The van der Waals surface area contributed by atoms with E-state index in [1.54, 1.807) is 13.3 Å². The molecule has 1 fully saturated rings.